The molecule has 1 atom stereocenters. The fourth-order valence-corrected chi connectivity index (χ4v) is 3.57. The van der Waals surface area contributed by atoms with Gasteiger partial charge in [-0.2, -0.15) is 0 Å². The van der Waals surface area contributed by atoms with Crippen LogP contribution >= 0.6 is 0 Å². The van der Waals surface area contributed by atoms with E-state index in [1.165, 1.54) is 18.2 Å². The maximum absolute atomic E-state index is 13.1. The van der Waals surface area contributed by atoms with E-state index in [9.17, 15) is 18.4 Å². The zero-order chi connectivity index (χ0) is 20.4. The normalized spacial score (nSPS) is 19.7. The fourth-order valence-electron chi connectivity index (χ4n) is 3.57. The molecule has 8 heteroatoms. The Morgan fingerprint density at radius 3 is 2.66 bits per heavy atom. The molecule has 2 aliphatic rings. The van der Waals surface area contributed by atoms with E-state index in [4.69, 9.17) is 0 Å². The van der Waals surface area contributed by atoms with E-state index in [1.807, 2.05) is 30.3 Å². The number of anilines is 1. The van der Waals surface area contributed by atoms with E-state index in [-0.39, 0.29) is 29.2 Å². The van der Waals surface area contributed by atoms with Gasteiger partial charge in [-0.05, 0) is 30.5 Å². The summed E-state index contributed by atoms with van der Waals surface area (Å²) in [4.78, 5) is 26.9. The molecule has 152 valence electrons. The molecule has 0 aromatic heterocycles. The molecule has 2 amide bonds. The van der Waals surface area contributed by atoms with Crippen molar-refractivity contribution in [2.75, 3.05) is 18.4 Å². The first-order chi connectivity index (χ1) is 13.9. The van der Waals surface area contributed by atoms with E-state index in [1.54, 1.807) is 4.90 Å². The molecule has 4 rings (SSSR count). The summed E-state index contributed by atoms with van der Waals surface area (Å²) in [6.45, 7) is 0.953. The predicted octanol–water partition coefficient (Wildman–Crippen LogP) is 3.43. The Morgan fingerprint density at radius 1 is 1.10 bits per heavy atom. The molecule has 2 aliphatic heterocycles. The van der Waals surface area contributed by atoms with Gasteiger partial charge in [-0.25, -0.2) is 0 Å². The molecule has 2 aromatic carbocycles. The predicted molar refractivity (Wildman–Crippen MR) is 101 cm³/mol. The average molecular weight is 402 g/mol. The SMILES string of the molecule is O=C(Nc1ccc2c(c1)OC(F)(F)O2)C1CCCN(C(=O)Cc2ccccc2)C1. The molecule has 0 spiro atoms. The van der Waals surface area contributed by atoms with E-state index >= 15 is 0 Å². The molecule has 2 aromatic rings. The third-order valence-corrected chi connectivity index (χ3v) is 5.01. The van der Waals surface area contributed by atoms with Crippen molar-refractivity contribution in [3.63, 3.8) is 0 Å². The van der Waals surface area contributed by atoms with Crippen molar-refractivity contribution < 1.29 is 27.8 Å². The molecule has 1 unspecified atom stereocenters. The third-order valence-electron chi connectivity index (χ3n) is 5.01. The maximum Gasteiger partial charge on any atom is 0.586 e. The highest BCUT2D eigenvalue weighted by atomic mass is 19.3. The number of piperidine rings is 1. The van der Waals surface area contributed by atoms with E-state index in [2.05, 4.69) is 14.8 Å². The zero-order valence-electron chi connectivity index (χ0n) is 15.6. The second-order valence-corrected chi connectivity index (χ2v) is 7.16. The summed E-state index contributed by atoms with van der Waals surface area (Å²) in [6.07, 6.45) is -2.02. The topological polar surface area (TPSA) is 67.9 Å². The van der Waals surface area contributed by atoms with Gasteiger partial charge in [0.05, 0.1) is 12.3 Å². The molecular formula is C21H20F2N2O4. The van der Waals surface area contributed by atoms with Gasteiger partial charge in [0, 0.05) is 24.8 Å². The van der Waals surface area contributed by atoms with Crippen LogP contribution in [0.1, 0.15) is 18.4 Å². The Morgan fingerprint density at radius 2 is 1.86 bits per heavy atom. The number of rotatable bonds is 4. The average Bonchev–Trinajstić information content (AvgIpc) is 3.02. The molecule has 1 N–H and O–H groups in total. The molecule has 1 fully saturated rings. The van der Waals surface area contributed by atoms with Crippen molar-refractivity contribution in [3.8, 4) is 11.5 Å². The van der Waals surface area contributed by atoms with Gasteiger partial charge in [-0.3, -0.25) is 9.59 Å². The summed E-state index contributed by atoms with van der Waals surface area (Å²) in [5.41, 5.74) is 1.27. The first kappa shape index (κ1) is 19.2. The second-order valence-electron chi connectivity index (χ2n) is 7.16. The number of hydrogen-bond donors (Lipinski definition) is 1. The van der Waals surface area contributed by atoms with Crippen LogP contribution in [-0.4, -0.2) is 36.1 Å². The number of carbonyl (C=O) groups is 2. The van der Waals surface area contributed by atoms with Crippen LogP contribution in [-0.2, 0) is 16.0 Å². The minimum Gasteiger partial charge on any atom is -0.395 e. The van der Waals surface area contributed by atoms with Crippen LogP contribution in [0.5, 0.6) is 11.5 Å². The fraction of sp³-hybridized carbons (Fsp3) is 0.333. The maximum atomic E-state index is 13.1. The number of nitrogens with zero attached hydrogens (tertiary/aromatic N) is 1. The van der Waals surface area contributed by atoms with Gasteiger partial charge >= 0.3 is 6.29 Å². The molecule has 29 heavy (non-hydrogen) atoms. The summed E-state index contributed by atoms with van der Waals surface area (Å²) in [6, 6.07) is 13.6. The monoisotopic (exact) mass is 402 g/mol. The highest BCUT2D eigenvalue weighted by Gasteiger charge is 2.43. The summed E-state index contributed by atoms with van der Waals surface area (Å²) >= 11 is 0. The lowest BCUT2D eigenvalue weighted by Gasteiger charge is -2.32. The number of benzene rings is 2. The number of nitrogens with one attached hydrogen (secondary N) is 1. The standard InChI is InChI=1S/C21H20F2N2O4/c22-21(23)28-17-9-8-16(12-18(17)29-21)24-20(27)15-7-4-10-25(13-15)19(26)11-14-5-2-1-3-6-14/h1-3,5-6,8-9,12,15H,4,7,10-11,13H2,(H,24,27). The van der Waals surface area contributed by atoms with Crippen LogP contribution in [0.3, 0.4) is 0 Å². The molecule has 0 bridgehead atoms. The molecule has 6 nitrogen and oxygen atoms in total. The first-order valence-corrected chi connectivity index (χ1v) is 9.42. The van der Waals surface area contributed by atoms with Crippen molar-refractivity contribution in [2.24, 2.45) is 5.92 Å². The molecule has 0 radical (unpaired) electrons. The van der Waals surface area contributed by atoms with Gasteiger partial charge in [0.25, 0.3) is 0 Å². The number of halogens is 2. The van der Waals surface area contributed by atoms with Crippen molar-refractivity contribution in [1.82, 2.24) is 4.90 Å². The molecular weight excluding hydrogens is 382 g/mol. The Balaban J connectivity index is 1.36. The number of amides is 2. The van der Waals surface area contributed by atoms with E-state index < -0.39 is 6.29 Å². The Bertz CT molecular complexity index is 920. The third kappa shape index (κ3) is 4.47. The highest BCUT2D eigenvalue weighted by Crippen LogP contribution is 2.42. The van der Waals surface area contributed by atoms with Gasteiger partial charge in [0.2, 0.25) is 11.8 Å². The summed E-state index contributed by atoms with van der Waals surface area (Å²) < 4.78 is 35.0. The Hall–Kier alpha value is -3.16. The lowest BCUT2D eigenvalue weighted by Crippen LogP contribution is -2.44. The van der Waals surface area contributed by atoms with E-state index in [0.29, 0.717) is 31.6 Å². The molecule has 2 heterocycles. The summed E-state index contributed by atoms with van der Waals surface area (Å²) in [5, 5.41) is 2.72. The second kappa shape index (κ2) is 7.69. The largest absolute Gasteiger partial charge is 0.586 e. The van der Waals surface area contributed by atoms with Crippen LogP contribution in [0.4, 0.5) is 14.5 Å². The number of hydrogen-bond acceptors (Lipinski definition) is 4. The number of likely N-dealkylation sites (tertiary alicyclic amines) is 1. The highest BCUT2D eigenvalue weighted by molar-refractivity contribution is 5.93. The van der Waals surface area contributed by atoms with Crippen LogP contribution < -0.4 is 14.8 Å². The summed E-state index contributed by atoms with van der Waals surface area (Å²) in [5.74, 6) is -0.846. The van der Waals surface area contributed by atoms with Gasteiger partial charge in [-0.15, -0.1) is 8.78 Å². The Labute approximate surface area is 166 Å². The lowest BCUT2D eigenvalue weighted by atomic mass is 9.96. The minimum absolute atomic E-state index is 0.0148. The smallest absolute Gasteiger partial charge is 0.395 e. The first-order valence-electron chi connectivity index (χ1n) is 9.42. The Kier molecular flexibility index (Phi) is 5.08. The number of carbonyl (C=O) groups excluding carboxylic acids is 2. The van der Waals surface area contributed by atoms with Crippen molar-refractivity contribution in [1.29, 1.82) is 0 Å². The van der Waals surface area contributed by atoms with Gasteiger partial charge in [0.1, 0.15) is 0 Å². The van der Waals surface area contributed by atoms with Gasteiger partial charge in [-0.1, -0.05) is 30.3 Å². The number of ether oxygens (including phenoxy) is 2. The molecule has 1 saturated heterocycles. The van der Waals surface area contributed by atoms with Crippen molar-refractivity contribution >= 4 is 17.5 Å². The van der Waals surface area contributed by atoms with Crippen LogP contribution in [0.15, 0.2) is 48.5 Å². The van der Waals surface area contributed by atoms with Gasteiger partial charge in [0.15, 0.2) is 11.5 Å². The summed E-state index contributed by atoms with van der Waals surface area (Å²) in [7, 11) is 0. The van der Waals surface area contributed by atoms with Crippen LogP contribution in [0, 0.1) is 5.92 Å². The van der Waals surface area contributed by atoms with Crippen LogP contribution in [0.25, 0.3) is 0 Å². The minimum atomic E-state index is -3.70. The lowest BCUT2D eigenvalue weighted by molar-refractivity contribution is -0.286. The van der Waals surface area contributed by atoms with Gasteiger partial charge < -0.3 is 19.7 Å². The molecule has 0 saturated carbocycles. The van der Waals surface area contributed by atoms with E-state index in [0.717, 1.165) is 12.0 Å². The quantitative estimate of drug-likeness (QED) is 0.851. The van der Waals surface area contributed by atoms with Crippen molar-refractivity contribution in [2.45, 2.75) is 25.6 Å². The van der Waals surface area contributed by atoms with Crippen LogP contribution in [0.2, 0.25) is 0 Å². The number of alkyl halides is 2. The van der Waals surface area contributed by atoms with Crippen molar-refractivity contribution in [3.05, 3.63) is 54.1 Å². The number of fused-ring (bicyclic) bond motifs is 1. The zero-order valence-corrected chi connectivity index (χ0v) is 15.6. The molecule has 0 aliphatic carbocycles.